The van der Waals surface area contributed by atoms with Crippen molar-refractivity contribution in [3.63, 3.8) is 0 Å². The molecule has 0 saturated heterocycles. The molecule has 46 heavy (non-hydrogen) atoms. The molecule has 4 N–H and O–H groups in total. The van der Waals surface area contributed by atoms with E-state index in [0.29, 0.717) is 36.6 Å². The van der Waals surface area contributed by atoms with Crippen LogP contribution in [-0.2, 0) is 17.7 Å². The van der Waals surface area contributed by atoms with Crippen molar-refractivity contribution in [2.24, 2.45) is 5.73 Å². The molecule has 238 valence electrons. The number of methoxy groups -OCH3 is 1. The number of carbonyl (C=O) groups is 3. The lowest BCUT2D eigenvalue weighted by Gasteiger charge is -2.28. The van der Waals surface area contributed by atoms with E-state index in [0.717, 1.165) is 21.6 Å². The molecular formula is C34H32F2N4O5S. The monoisotopic (exact) mass is 646 g/mol. The summed E-state index contributed by atoms with van der Waals surface area (Å²) in [5.41, 5.74) is 9.63. The van der Waals surface area contributed by atoms with E-state index in [4.69, 9.17) is 15.2 Å². The molecule has 12 heteroatoms. The maximum absolute atomic E-state index is 14.0. The highest BCUT2D eigenvalue weighted by Gasteiger charge is 2.36. The second-order valence-electron chi connectivity index (χ2n) is 11.3. The van der Waals surface area contributed by atoms with Gasteiger partial charge in [0.15, 0.2) is 5.69 Å². The number of fused-ring (bicyclic) bond motifs is 3. The molecule has 3 heterocycles. The number of nitrogens with two attached hydrogens (primary N) is 1. The van der Waals surface area contributed by atoms with Crippen LogP contribution in [0.15, 0.2) is 60.0 Å². The van der Waals surface area contributed by atoms with Crippen LogP contribution in [0.2, 0.25) is 0 Å². The van der Waals surface area contributed by atoms with Crippen LogP contribution < -0.4 is 21.1 Å². The average Bonchev–Trinajstić information content (AvgIpc) is 3.46. The quantitative estimate of drug-likeness (QED) is 0.203. The van der Waals surface area contributed by atoms with E-state index in [1.165, 1.54) is 19.2 Å². The summed E-state index contributed by atoms with van der Waals surface area (Å²) < 4.78 is 38.4. The Morgan fingerprint density at radius 3 is 2.50 bits per heavy atom. The number of thiophene rings is 1. The average molecular weight is 647 g/mol. The number of nitrogens with zero attached hydrogens (tertiary/aromatic N) is 1. The topological polar surface area (TPSA) is 133 Å². The van der Waals surface area contributed by atoms with Crippen molar-refractivity contribution >= 4 is 34.8 Å². The third-order valence-corrected chi connectivity index (χ3v) is 9.27. The summed E-state index contributed by atoms with van der Waals surface area (Å²) in [6.45, 7) is 0.782. The zero-order chi connectivity index (χ0) is 32.4. The molecule has 0 radical (unpaired) electrons. The van der Waals surface area contributed by atoms with Gasteiger partial charge in [-0.2, -0.15) is 0 Å². The summed E-state index contributed by atoms with van der Waals surface area (Å²) in [4.78, 5) is 45.5. The molecule has 1 aliphatic heterocycles. The minimum Gasteiger partial charge on any atom is -0.493 e. The van der Waals surface area contributed by atoms with E-state index in [9.17, 15) is 23.2 Å². The zero-order valence-corrected chi connectivity index (χ0v) is 25.8. The predicted octanol–water partition coefficient (Wildman–Crippen LogP) is 6.22. The normalized spacial score (nSPS) is 15.5. The molecule has 9 nitrogen and oxygen atoms in total. The molecular weight excluding hydrogens is 614 g/mol. The highest BCUT2D eigenvalue weighted by molar-refractivity contribution is 7.13. The summed E-state index contributed by atoms with van der Waals surface area (Å²) in [7, 11) is 1.19. The highest BCUT2D eigenvalue weighted by atomic mass is 32.1. The Kier molecular flexibility index (Phi) is 8.83. The Balaban J connectivity index is 1.41. The number of alkyl halides is 2. The molecule has 1 fully saturated rings. The predicted molar refractivity (Wildman–Crippen MR) is 170 cm³/mol. The maximum Gasteiger partial charge on any atom is 0.357 e. The number of halogens is 2. The van der Waals surface area contributed by atoms with E-state index >= 15 is 0 Å². The molecule has 2 aromatic heterocycles. The summed E-state index contributed by atoms with van der Waals surface area (Å²) in [6, 6.07) is 15.2. The fraction of sp³-hybridized carbons (Fsp3) is 0.294. The second-order valence-corrected chi connectivity index (χ2v) is 12.2. The molecule has 0 atom stereocenters. The molecule has 0 bridgehead atoms. The number of hydrogen-bond acceptors (Lipinski definition) is 8. The van der Waals surface area contributed by atoms with E-state index in [1.807, 2.05) is 23.6 Å². The van der Waals surface area contributed by atoms with Crippen molar-refractivity contribution in [1.82, 2.24) is 10.3 Å². The first-order valence-corrected chi connectivity index (χ1v) is 15.8. The lowest BCUT2D eigenvalue weighted by Crippen LogP contribution is -2.40. The number of ether oxygens (including phenoxy) is 2. The van der Waals surface area contributed by atoms with Crippen LogP contribution in [0.4, 0.5) is 14.5 Å². The van der Waals surface area contributed by atoms with Gasteiger partial charge in [-0.15, -0.1) is 11.3 Å². The van der Waals surface area contributed by atoms with Crippen LogP contribution in [0.1, 0.15) is 68.1 Å². The number of esters is 1. The van der Waals surface area contributed by atoms with Gasteiger partial charge in [-0.05, 0) is 71.8 Å². The van der Waals surface area contributed by atoms with Gasteiger partial charge in [0.25, 0.3) is 11.8 Å². The largest absolute Gasteiger partial charge is 0.493 e. The van der Waals surface area contributed by atoms with Gasteiger partial charge < -0.3 is 25.8 Å². The minimum absolute atomic E-state index is 0.0817. The number of carbonyl (C=O) groups excluding carboxylic acids is 3. The Hall–Kier alpha value is -4.68. The van der Waals surface area contributed by atoms with E-state index in [2.05, 4.69) is 15.6 Å². The molecule has 0 unspecified atom stereocenters. The van der Waals surface area contributed by atoms with Crippen LogP contribution >= 0.6 is 11.3 Å². The van der Waals surface area contributed by atoms with Gasteiger partial charge in [0.1, 0.15) is 11.4 Å². The van der Waals surface area contributed by atoms with Crippen molar-refractivity contribution < 1.29 is 32.6 Å². The summed E-state index contributed by atoms with van der Waals surface area (Å²) in [5.74, 6) is -4.05. The van der Waals surface area contributed by atoms with Crippen molar-refractivity contribution in [2.75, 3.05) is 19.0 Å². The molecule has 2 amide bonds. The smallest absolute Gasteiger partial charge is 0.357 e. The van der Waals surface area contributed by atoms with E-state index < -0.39 is 29.7 Å². The third kappa shape index (κ3) is 6.49. The van der Waals surface area contributed by atoms with Crippen molar-refractivity contribution in [1.29, 1.82) is 0 Å². The van der Waals surface area contributed by atoms with Crippen LogP contribution in [0.25, 0.3) is 21.6 Å². The first-order valence-electron chi connectivity index (χ1n) is 14.9. The second kappa shape index (κ2) is 13.0. The van der Waals surface area contributed by atoms with Gasteiger partial charge in [-0.1, -0.05) is 12.1 Å². The molecule has 0 spiro atoms. The number of aromatic nitrogens is 1. The van der Waals surface area contributed by atoms with Crippen LogP contribution in [0.3, 0.4) is 0 Å². The maximum atomic E-state index is 14.0. The Morgan fingerprint density at radius 2 is 1.78 bits per heavy atom. The molecule has 1 aliphatic carbocycles. The SMILES string of the molecule is COC(=O)c1nc(C(=O)NC2CCC(F)(F)CC2)ccc1-c1cc2c(cc1C(=O)Nc1ccc(CN)cc1)-c1sccc1CCO2. The molecule has 6 rings (SSSR count). The Morgan fingerprint density at radius 1 is 1.02 bits per heavy atom. The van der Waals surface area contributed by atoms with E-state index in [1.54, 1.807) is 35.6 Å². The minimum atomic E-state index is -2.74. The van der Waals surface area contributed by atoms with Gasteiger partial charge in [0.2, 0.25) is 5.92 Å². The van der Waals surface area contributed by atoms with Gasteiger partial charge in [-0.3, -0.25) is 9.59 Å². The number of hydrogen-bond donors (Lipinski definition) is 3. The highest BCUT2D eigenvalue weighted by Crippen LogP contribution is 2.43. The standard InChI is InChI=1S/C34H32F2N4O5S/c1-44-33(43)29-23(6-7-27(40-29)32(42)39-22-8-12-34(35,36)13-9-22)24-17-28-26(30-20(10-14-45-28)11-15-46-30)16-25(24)31(41)38-21-4-2-19(18-37)3-5-21/h2-7,11,15-17,22H,8-10,12-14,18,37H2,1H3,(H,38,41)(H,39,42). The van der Waals surface area contributed by atoms with Gasteiger partial charge in [0.05, 0.1) is 13.7 Å². The molecule has 2 aliphatic rings. The van der Waals surface area contributed by atoms with Crippen LogP contribution in [0, 0.1) is 0 Å². The fourth-order valence-electron chi connectivity index (χ4n) is 5.75. The third-order valence-electron chi connectivity index (χ3n) is 8.28. The number of rotatable bonds is 7. The van der Waals surface area contributed by atoms with E-state index in [-0.39, 0.29) is 48.2 Å². The first kappa shape index (κ1) is 31.3. The van der Waals surface area contributed by atoms with Crippen LogP contribution in [0.5, 0.6) is 5.75 Å². The Bertz CT molecular complexity index is 1800. The number of amides is 2. The molecule has 1 saturated carbocycles. The zero-order valence-electron chi connectivity index (χ0n) is 25.0. The van der Waals surface area contributed by atoms with Crippen molar-refractivity contribution in [3.05, 3.63) is 88.1 Å². The van der Waals surface area contributed by atoms with Crippen molar-refractivity contribution in [3.8, 4) is 27.3 Å². The lowest BCUT2D eigenvalue weighted by atomic mass is 9.92. The molecule has 2 aromatic carbocycles. The number of benzene rings is 2. The number of pyridine rings is 1. The summed E-state index contributed by atoms with van der Waals surface area (Å²) in [5, 5.41) is 7.68. The summed E-state index contributed by atoms with van der Waals surface area (Å²) >= 11 is 1.55. The summed E-state index contributed by atoms with van der Waals surface area (Å²) in [6.07, 6.45) is 0.333. The lowest BCUT2D eigenvalue weighted by molar-refractivity contribution is -0.0399. The van der Waals surface area contributed by atoms with Gasteiger partial charge in [-0.25, -0.2) is 18.6 Å². The number of anilines is 1. The van der Waals surface area contributed by atoms with Crippen molar-refractivity contribution in [2.45, 2.75) is 50.6 Å². The van der Waals surface area contributed by atoms with Crippen LogP contribution in [-0.4, -0.2) is 48.4 Å². The molecule has 4 aromatic rings. The van der Waals surface area contributed by atoms with Gasteiger partial charge in [0, 0.05) is 64.7 Å². The fourth-order valence-corrected chi connectivity index (χ4v) is 6.73. The first-order chi connectivity index (χ1) is 22.2. The van der Waals surface area contributed by atoms with Gasteiger partial charge >= 0.3 is 5.97 Å². The number of nitrogens with one attached hydrogen (secondary N) is 2. The Labute approximate surface area is 268 Å².